The van der Waals surface area contributed by atoms with Crippen LogP contribution in [0.4, 0.5) is 4.39 Å². The van der Waals surface area contributed by atoms with Gasteiger partial charge in [0.15, 0.2) is 0 Å². The lowest BCUT2D eigenvalue weighted by Crippen LogP contribution is -2.42. The summed E-state index contributed by atoms with van der Waals surface area (Å²) in [5, 5.41) is 0. The standard InChI is InChI=1S/C11H15FN2O2S.ClH/c12-9-1-3-11(4-2-9)17(15,16)14-7-5-10(13)6-8-14;/h1-4,10H,5-8,13H2;1H. The van der Waals surface area contributed by atoms with Crippen molar-refractivity contribution >= 4 is 22.4 Å². The van der Waals surface area contributed by atoms with Crippen molar-refractivity contribution in [1.29, 1.82) is 0 Å². The molecule has 0 atom stereocenters. The van der Waals surface area contributed by atoms with Gasteiger partial charge in [0.2, 0.25) is 10.0 Å². The molecule has 0 radical (unpaired) electrons. The molecule has 1 saturated heterocycles. The van der Waals surface area contributed by atoms with E-state index >= 15 is 0 Å². The topological polar surface area (TPSA) is 63.4 Å². The second-order valence-corrected chi connectivity index (χ2v) is 6.13. The van der Waals surface area contributed by atoms with Crippen LogP contribution in [0.2, 0.25) is 0 Å². The minimum Gasteiger partial charge on any atom is -0.328 e. The van der Waals surface area contributed by atoms with Gasteiger partial charge in [-0.25, -0.2) is 12.8 Å². The lowest BCUT2D eigenvalue weighted by molar-refractivity contribution is 0.320. The molecule has 0 saturated carbocycles. The number of piperidine rings is 1. The van der Waals surface area contributed by atoms with Gasteiger partial charge < -0.3 is 5.73 Å². The van der Waals surface area contributed by atoms with Gasteiger partial charge in [0.05, 0.1) is 4.90 Å². The van der Waals surface area contributed by atoms with Crippen molar-refractivity contribution in [3.05, 3.63) is 30.1 Å². The molecule has 1 heterocycles. The monoisotopic (exact) mass is 294 g/mol. The summed E-state index contributed by atoms with van der Waals surface area (Å²) in [6.07, 6.45) is 1.33. The second kappa shape index (κ2) is 5.97. The Balaban J connectivity index is 0.00000162. The average molecular weight is 295 g/mol. The molecule has 0 unspecified atom stereocenters. The zero-order chi connectivity index (χ0) is 12.5. The van der Waals surface area contributed by atoms with Gasteiger partial charge in [0.25, 0.3) is 0 Å². The Bertz CT molecular complexity index is 484. The fraction of sp³-hybridized carbons (Fsp3) is 0.455. The molecule has 0 amide bonds. The van der Waals surface area contributed by atoms with E-state index in [2.05, 4.69) is 0 Å². The predicted octanol–water partition coefficient (Wildman–Crippen LogP) is 1.36. The van der Waals surface area contributed by atoms with Crippen LogP contribution in [0.1, 0.15) is 12.8 Å². The Morgan fingerprint density at radius 1 is 1.17 bits per heavy atom. The molecule has 7 heteroatoms. The summed E-state index contributed by atoms with van der Waals surface area (Å²) in [6.45, 7) is 0.863. The molecular weight excluding hydrogens is 279 g/mol. The summed E-state index contributed by atoms with van der Waals surface area (Å²) in [4.78, 5) is 0.134. The largest absolute Gasteiger partial charge is 0.328 e. The van der Waals surface area contributed by atoms with Crippen molar-refractivity contribution in [3.8, 4) is 0 Å². The Hall–Kier alpha value is -0.690. The highest BCUT2D eigenvalue weighted by molar-refractivity contribution is 7.89. The molecule has 4 nitrogen and oxygen atoms in total. The molecule has 2 rings (SSSR count). The molecular formula is C11H16ClFN2O2S. The molecule has 0 spiro atoms. The van der Waals surface area contributed by atoms with Crippen LogP contribution in [0.25, 0.3) is 0 Å². The summed E-state index contributed by atoms with van der Waals surface area (Å²) in [5.41, 5.74) is 5.73. The van der Waals surface area contributed by atoms with Gasteiger partial charge in [0.1, 0.15) is 5.82 Å². The fourth-order valence-corrected chi connectivity index (χ4v) is 3.34. The summed E-state index contributed by atoms with van der Waals surface area (Å²) in [6, 6.07) is 4.97. The van der Waals surface area contributed by atoms with Crippen molar-refractivity contribution in [2.45, 2.75) is 23.8 Å². The quantitative estimate of drug-likeness (QED) is 0.896. The van der Waals surface area contributed by atoms with Gasteiger partial charge in [-0.15, -0.1) is 12.4 Å². The molecule has 102 valence electrons. The second-order valence-electron chi connectivity index (χ2n) is 4.20. The minimum absolute atomic E-state index is 0. The third-order valence-corrected chi connectivity index (χ3v) is 4.86. The van der Waals surface area contributed by atoms with Crippen LogP contribution in [0.3, 0.4) is 0 Å². The van der Waals surface area contributed by atoms with Gasteiger partial charge in [-0.3, -0.25) is 0 Å². The molecule has 1 aromatic carbocycles. The molecule has 2 N–H and O–H groups in total. The van der Waals surface area contributed by atoms with E-state index in [-0.39, 0.29) is 23.3 Å². The van der Waals surface area contributed by atoms with Crippen LogP contribution in [0.15, 0.2) is 29.2 Å². The summed E-state index contributed by atoms with van der Waals surface area (Å²) < 4.78 is 38.5. The van der Waals surface area contributed by atoms with Crippen molar-refractivity contribution in [2.75, 3.05) is 13.1 Å². The van der Waals surface area contributed by atoms with Crippen molar-refractivity contribution in [2.24, 2.45) is 5.73 Å². The fourth-order valence-electron chi connectivity index (χ4n) is 1.87. The zero-order valence-corrected chi connectivity index (χ0v) is 11.4. The highest BCUT2D eigenvalue weighted by Gasteiger charge is 2.27. The van der Waals surface area contributed by atoms with E-state index in [0.717, 1.165) is 12.1 Å². The zero-order valence-electron chi connectivity index (χ0n) is 9.75. The maximum atomic E-state index is 12.7. The third-order valence-electron chi connectivity index (χ3n) is 2.95. The number of nitrogens with two attached hydrogens (primary N) is 1. The van der Waals surface area contributed by atoms with Gasteiger partial charge in [0, 0.05) is 19.1 Å². The average Bonchev–Trinajstić information content (AvgIpc) is 2.30. The van der Waals surface area contributed by atoms with E-state index in [1.807, 2.05) is 0 Å². The van der Waals surface area contributed by atoms with E-state index in [4.69, 9.17) is 5.73 Å². The summed E-state index contributed by atoms with van der Waals surface area (Å²) in [7, 11) is -3.49. The molecule has 1 aliphatic heterocycles. The number of benzene rings is 1. The number of rotatable bonds is 2. The highest BCUT2D eigenvalue weighted by atomic mass is 35.5. The Kier molecular flexibility index (Phi) is 5.10. The van der Waals surface area contributed by atoms with Crippen LogP contribution in [-0.4, -0.2) is 31.9 Å². The smallest absolute Gasteiger partial charge is 0.243 e. The van der Waals surface area contributed by atoms with E-state index in [1.165, 1.54) is 16.4 Å². The first kappa shape index (κ1) is 15.4. The number of hydrogen-bond donors (Lipinski definition) is 1. The van der Waals surface area contributed by atoms with E-state index in [0.29, 0.717) is 25.9 Å². The van der Waals surface area contributed by atoms with Crippen LogP contribution in [-0.2, 0) is 10.0 Å². The maximum absolute atomic E-state index is 12.7. The van der Waals surface area contributed by atoms with E-state index < -0.39 is 15.8 Å². The lowest BCUT2D eigenvalue weighted by Gasteiger charge is -2.29. The first-order valence-electron chi connectivity index (χ1n) is 5.51. The van der Waals surface area contributed by atoms with Gasteiger partial charge >= 0.3 is 0 Å². The van der Waals surface area contributed by atoms with Crippen LogP contribution < -0.4 is 5.73 Å². The van der Waals surface area contributed by atoms with Gasteiger partial charge in [-0.2, -0.15) is 4.31 Å². The number of nitrogens with zero attached hydrogens (tertiary/aromatic N) is 1. The number of sulfonamides is 1. The molecule has 1 aromatic rings. The molecule has 18 heavy (non-hydrogen) atoms. The number of halogens is 2. The molecule has 0 aromatic heterocycles. The summed E-state index contributed by atoms with van der Waals surface area (Å²) in [5.74, 6) is -0.440. The Morgan fingerprint density at radius 2 is 1.67 bits per heavy atom. The Labute approximate surface area is 112 Å². The lowest BCUT2D eigenvalue weighted by atomic mass is 10.1. The van der Waals surface area contributed by atoms with Crippen LogP contribution >= 0.6 is 12.4 Å². The maximum Gasteiger partial charge on any atom is 0.243 e. The van der Waals surface area contributed by atoms with Crippen LogP contribution in [0, 0.1) is 5.82 Å². The number of hydrogen-bond acceptors (Lipinski definition) is 3. The van der Waals surface area contributed by atoms with Gasteiger partial charge in [-0.1, -0.05) is 0 Å². The molecule has 1 aliphatic rings. The molecule has 1 fully saturated rings. The highest BCUT2D eigenvalue weighted by Crippen LogP contribution is 2.20. The minimum atomic E-state index is -3.49. The van der Waals surface area contributed by atoms with Crippen molar-refractivity contribution < 1.29 is 12.8 Å². The first-order chi connectivity index (χ1) is 8.00. The van der Waals surface area contributed by atoms with Crippen molar-refractivity contribution in [1.82, 2.24) is 4.31 Å². The van der Waals surface area contributed by atoms with E-state index in [1.54, 1.807) is 0 Å². The van der Waals surface area contributed by atoms with E-state index in [9.17, 15) is 12.8 Å². The third kappa shape index (κ3) is 3.20. The molecule has 0 aliphatic carbocycles. The first-order valence-corrected chi connectivity index (χ1v) is 6.95. The predicted molar refractivity (Wildman–Crippen MR) is 69.6 cm³/mol. The SMILES string of the molecule is Cl.NC1CCN(S(=O)(=O)c2ccc(F)cc2)CC1. The normalized spacial score (nSPS) is 18.3. The van der Waals surface area contributed by atoms with Crippen LogP contribution in [0.5, 0.6) is 0 Å². The van der Waals surface area contributed by atoms with Crippen molar-refractivity contribution in [3.63, 3.8) is 0 Å². The molecule has 0 bridgehead atoms. The van der Waals surface area contributed by atoms with Gasteiger partial charge in [-0.05, 0) is 37.1 Å². The Morgan fingerprint density at radius 3 is 2.17 bits per heavy atom. The summed E-state index contributed by atoms with van der Waals surface area (Å²) >= 11 is 0.